The van der Waals surface area contributed by atoms with E-state index in [0.29, 0.717) is 13.0 Å². The summed E-state index contributed by atoms with van der Waals surface area (Å²) in [6.45, 7) is 4.64. The summed E-state index contributed by atoms with van der Waals surface area (Å²) in [5, 5.41) is 2.70. The van der Waals surface area contributed by atoms with Gasteiger partial charge in [-0.3, -0.25) is 0 Å². The summed E-state index contributed by atoms with van der Waals surface area (Å²) in [6.07, 6.45) is 0.557. The molecule has 0 aliphatic rings. The first-order valence-corrected chi connectivity index (χ1v) is 6.90. The third-order valence-electron chi connectivity index (χ3n) is 3.13. The van der Waals surface area contributed by atoms with Crippen molar-refractivity contribution >= 4 is 6.03 Å². The van der Waals surface area contributed by atoms with Gasteiger partial charge < -0.3 is 20.5 Å². The Labute approximate surface area is 124 Å². The monoisotopic (exact) mass is 298 g/mol. The van der Waals surface area contributed by atoms with Crippen LogP contribution >= 0.6 is 0 Å². The highest BCUT2D eigenvalue weighted by Gasteiger charge is 2.16. The number of urea groups is 1. The van der Waals surface area contributed by atoms with Gasteiger partial charge in [-0.05, 0) is 30.0 Å². The lowest BCUT2D eigenvalue weighted by atomic mass is 9.96. The van der Waals surface area contributed by atoms with Crippen LogP contribution in [0.15, 0.2) is 18.2 Å². The Hall–Kier alpha value is -1.82. The molecule has 0 fully saturated rings. The molecule has 1 unspecified atom stereocenters. The van der Waals surface area contributed by atoms with Crippen molar-refractivity contribution in [2.24, 2.45) is 11.7 Å². The summed E-state index contributed by atoms with van der Waals surface area (Å²) in [4.78, 5) is 11.0. The molecule has 0 aliphatic heterocycles. The van der Waals surface area contributed by atoms with Gasteiger partial charge in [0.2, 0.25) is 0 Å². The molecule has 0 spiro atoms. The number of hydrogen-bond donors (Lipinski definition) is 2. The van der Waals surface area contributed by atoms with Gasteiger partial charge >= 0.3 is 6.03 Å². The minimum absolute atomic E-state index is 0.111. The number of methoxy groups -OCH3 is 1. The number of amides is 2. The van der Waals surface area contributed by atoms with Crippen LogP contribution in [0.4, 0.5) is 9.18 Å². The molecule has 6 heteroatoms. The Morgan fingerprint density at radius 1 is 1.38 bits per heavy atom. The molecule has 1 rings (SSSR count). The van der Waals surface area contributed by atoms with Crippen LogP contribution in [0, 0.1) is 11.7 Å². The Kier molecular flexibility index (Phi) is 6.94. The fraction of sp³-hybridized carbons (Fsp3) is 0.533. The zero-order chi connectivity index (χ0) is 15.8. The topological polar surface area (TPSA) is 73.6 Å². The van der Waals surface area contributed by atoms with Crippen LogP contribution in [0.1, 0.15) is 19.4 Å². The molecule has 21 heavy (non-hydrogen) atoms. The molecule has 0 saturated heterocycles. The molecular weight excluding hydrogens is 275 g/mol. The lowest BCUT2D eigenvalue weighted by Gasteiger charge is -2.21. The van der Waals surface area contributed by atoms with Crippen LogP contribution in [-0.2, 0) is 11.2 Å². The third kappa shape index (κ3) is 5.99. The molecule has 0 bridgehead atoms. The molecule has 0 heterocycles. The molecule has 0 radical (unpaired) electrons. The first kappa shape index (κ1) is 17.2. The number of nitrogens with two attached hydrogens (primary N) is 1. The maximum Gasteiger partial charge on any atom is 0.312 e. The zero-order valence-electron chi connectivity index (χ0n) is 12.7. The number of carbonyl (C=O) groups is 1. The van der Waals surface area contributed by atoms with Crippen LogP contribution in [-0.4, -0.2) is 32.4 Å². The van der Waals surface area contributed by atoms with Crippen LogP contribution in [0.3, 0.4) is 0 Å². The van der Waals surface area contributed by atoms with E-state index >= 15 is 0 Å². The van der Waals surface area contributed by atoms with E-state index in [4.69, 9.17) is 15.2 Å². The fourth-order valence-corrected chi connectivity index (χ4v) is 1.91. The third-order valence-corrected chi connectivity index (χ3v) is 3.13. The lowest BCUT2D eigenvalue weighted by Crippen LogP contribution is -2.43. The highest BCUT2D eigenvalue weighted by molar-refractivity contribution is 5.72. The minimum atomic E-state index is -0.563. The Balaban J connectivity index is 2.77. The van der Waals surface area contributed by atoms with Crippen molar-refractivity contribution in [2.45, 2.75) is 26.3 Å². The number of nitrogens with one attached hydrogen (secondary N) is 1. The molecule has 5 nitrogen and oxygen atoms in total. The van der Waals surface area contributed by atoms with Crippen LogP contribution in [0.5, 0.6) is 5.75 Å². The van der Waals surface area contributed by atoms with E-state index in [1.807, 2.05) is 13.8 Å². The smallest absolute Gasteiger partial charge is 0.312 e. The van der Waals surface area contributed by atoms with Crippen LogP contribution in [0.2, 0.25) is 0 Å². The molecule has 118 valence electrons. The predicted molar refractivity (Wildman–Crippen MR) is 78.8 cm³/mol. The molecule has 0 aliphatic carbocycles. The number of benzene rings is 1. The van der Waals surface area contributed by atoms with Gasteiger partial charge in [-0.15, -0.1) is 0 Å². The van der Waals surface area contributed by atoms with Crippen molar-refractivity contribution < 1.29 is 18.7 Å². The van der Waals surface area contributed by atoms with E-state index in [0.717, 1.165) is 5.56 Å². The second kappa shape index (κ2) is 8.46. The molecule has 2 amide bonds. The minimum Gasteiger partial charge on any atom is -0.488 e. The number of rotatable bonds is 8. The Morgan fingerprint density at radius 3 is 2.67 bits per heavy atom. The number of ether oxygens (including phenoxy) is 2. The number of hydrogen-bond acceptors (Lipinski definition) is 3. The van der Waals surface area contributed by atoms with E-state index in [1.165, 1.54) is 6.07 Å². The Morgan fingerprint density at radius 2 is 2.10 bits per heavy atom. The lowest BCUT2D eigenvalue weighted by molar-refractivity contribution is 0.144. The molecule has 0 saturated carbocycles. The van der Waals surface area contributed by atoms with Gasteiger partial charge in [-0.25, -0.2) is 9.18 Å². The summed E-state index contributed by atoms with van der Waals surface area (Å²) < 4.78 is 23.8. The second-order valence-electron chi connectivity index (χ2n) is 5.17. The van der Waals surface area contributed by atoms with E-state index in [-0.39, 0.29) is 24.3 Å². The number of carbonyl (C=O) groups excluding carboxylic acids is 1. The van der Waals surface area contributed by atoms with E-state index in [9.17, 15) is 9.18 Å². The maximum absolute atomic E-state index is 13.6. The molecule has 1 aromatic carbocycles. The van der Waals surface area contributed by atoms with Crippen molar-refractivity contribution in [3.05, 3.63) is 29.6 Å². The van der Waals surface area contributed by atoms with Crippen molar-refractivity contribution in [3.63, 3.8) is 0 Å². The zero-order valence-corrected chi connectivity index (χ0v) is 12.7. The van der Waals surface area contributed by atoms with Crippen LogP contribution in [0.25, 0.3) is 0 Å². The summed E-state index contributed by atoms with van der Waals surface area (Å²) >= 11 is 0. The van der Waals surface area contributed by atoms with Crippen molar-refractivity contribution in [3.8, 4) is 5.75 Å². The normalized spacial score (nSPS) is 12.2. The van der Waals surface area contributed by atoms with Gasteiger partial charge in [0.25, 0.3) is 0 Å². The average Bonchev–Trinajstić information content (AvgIpc) is 2.41. The van der Waals surface area contributed by atoms with Crippen LogP contribution < -0.4 is 15.8 Å². The van der Waals surface area contributed by atoms with Crippen molar-refractivity contribution in [1.29, 1.82) is 0 Å². The standard InChI is InChI=1S/C15H23FN2O3/c1-10(2)13(18-15(17)19)8-11-4-5-12(16)14(9-11)21-7-6-20-3/h4-5,9-10,13H,6-8H2,1-3H3,(H3,17,18,19). The quantitative estimate of drug-likeness (QED) is 0.722. The SMILES string of the molecule is COCCOc1cc(CC(NC(N)=O)C(C)C)ccc1F. The molecule has 1 atom stereocenters. The first-order chi connectivity index (χ1) is 9.93. The highest BCUT2D eigenvalue weighted by atomic mass is 19.1. The number of primary amides is 1. The van der Waals surface area contributed by atoms with Crippen molar-refractivity contribution in [1.82, 2.24) is 5.32 Å². The summed E-state index contributed by atoms with van der Waals surface area (Å²) in [5.41, 5.74) is 6.04. The average molecular weight is 298 g/mol. The maximum atomic E-state index is 13.6. The van der Waals surface area contributed by atoms with Gasteiger partial charge in [0.1, 0.15) is 6.61 Å². The first-order valence-electron chi connectivity index (χ1n) is 6.90. The van der Waals surface area contributed by atoms with Gasteiger partial charge in [-0.2, -0.15) is 0 Å². The van der Waals surface area contributed by atoms with Gasteiger partial charge in [0, 0.05) is 13.2 Å². The summed E-state index contributed by atoms with van der Waals surface area (Å²) in [5.74, 6) is -0.0228. The summed E-state index contributed by atoms with van der Waals surface area (Å²) in [7, 11) is 1.55. The highest BCUT2D eigenvalue weighted by Crippen LogP contribution is 2.21. The van der Waals surface area contributed by atoms with Gasteiger partial charge in [-0.1, -0.05) is 19.9 Å². The molecule has 0 aromatic heterocycles. The molecule has 1 aromatic rings. The second-order valence-corrected chi connectivity index (χ2v) is 5.17. The molecular formula is C15H23FN2O3. The summed E-state index contributed by atoms with van der Waals surface area (Å²) in [6, 6.07) is 4.01. The Bertz CT molecular complexity index is 466. The molecule has 3 N–H and O–H groups in total. The van der Waals surface area contributed by atoms with E-state index in [2.05, 4.69) is 5.32 Å². The van der Waals surface area contributed by atoms with Gasteiger partial charge in [0.05, 0.1) is 6.61 Å². The van der Waals surface area contributed by atoms with E-state index in [1.54, 1.807) is 19.2 Å². The van der Waals surface area contributed by atoms with E-state index < -0.39 is 11.8 Å². The van der Waals surface area contributed by atoms with Gasteiger partial charge in [0.15, 0.2) is 11.6 Å². The van der Waals surface area contributed by atoms with Crippen molar-refractivity contribution in [2.75, 3.05) is 20.3 Å². The largest absolute Gasteiger partial charge is 0.488 e. The fourth-order valence-electron chi connectivity index (χ4n) is 1.91. The number of halogens is 1. The predicted octanol–water partition coefficient (Wildman–Crippen LogP) is 2.09.